The summed E-state index contributed by atoms with van der Waals surface area (Å²) in [7, 11) is 0. The van der Waals surface area contributed by atoms with Crippen molar-refractivity contribution >= 4 is 34.4 Å². The Bertz CT molecular complexity index is 1110. The van der Waals surface area contributed by atoms with Crippen molar-refractivity contribution in [1.82, 2.24) is 9.55 Å². The molecule has 0 spiro atoms. The van der Waals surface area contributed by atoms with Crippen molar-refractivity contribution in [3.8, 4) is 0 Å². The minimum absolute atomic E-state index is 0.0743. The van der Waals surface area contributed by atoms with E-state index in [0.717, 1.165) is 24.7 Å². The molecule has 0 bridgehead atoms. The summed E-state index contributed by atoms with van der Waals surface area (Å²) in [6.07, 6.45) is 2.57. The van der Waals surface area contributed by atoms with Gasteiger partial charge in [-0.3, -0.25) is 15.4 Å². The Hall–Kier alpha value is -3.29. The number of hydrogen-bond donors (Lipinski definition) is 3. The van der Waals surface area contributed by atoms with Crippen LogP contribution in [0.4, 0.5) is 26.0 Å². The lowest BCUT2D eigenvalue weighted by molar-refractivity contribution is 0.623. The molecule has 26 heavy (non-hydrogen) atoms. The van der Waals surface area contributed by atoms with E-state index in [4.69, 9.17) is 16.6 Å². The van der Waals surface area contributed by atoms with Crippen LogP contribution in [0, 0.1) is 22.5 Å². The molecule has 0 radical (unpaired) electrons. The summed E-state index contributed by atoms with van der Waals surface area (Å²) in [6, 6.07) is 7.21. The summed E-state index contributed by atoms with van der Waals surface area (Å²) in [5.41, 5.74) is 7.45. The Labute approximate surface area is 147 Å². The van der Waals surface area contributed by atoms with Gasteiger partial charge in [-0.1, -0.05) is 6.07 Å². The summed E-state index contributed by atoms with van der Waals surface area (Å²) in [5.74, 6) is -0.619. The molecule has 1 aromatic heterocycles. The molecule has 0 atom stereocenters. The number of nitrogens with one attached hydrogen (secondary N) is 2. The average molecular weight is 354 g/mol. The fourth-order valence-electron chi connectivity index (χ4n) is 3.39. The molecule has 0 unspecified atom stereocenters. The van der Waals surface area contributed by atoms with Gasteiger partial charge in [0.15, 0.2) is 0 Å². The lowest BCUT2D eigenvalue weighted by Gasteiger charge is -2.31. The van der Waals surface area contributed by atoms with Gasteiger partial charge in [-0.25, -0.2) is 8.78 Å². The van der Waals surface area contributed by atoms with Crippen LogP contribution in [0.25, 0.3) is 10.9 Å². The third kappa shape index (κ3) is 2.42. The van der Waals surface area contributed by atoms with Gasteiger partial charge >= 0.3 is 0 Å². The SMILES string of the molecule is N=Cn1c(=N)nc(N2CCCc3ccc(F)cc32)c2cc(F)c(N)cc21. The van der Waals surface area contributed by atoms with Crippen LogP contribution in [0.2, 0.25) is 0 Å². The molecule has 2 heterocycles. The van der Waals surface area contributed by atoms with Gasteiger partial charge in [-0.2, -0.15) is 4.98 Å². The lowest BCUT2D eigenvalue weighted by Crippen LogP contribution is -2.31. The second kappa shape index (κ2) is 5.91. The van der Waals surface area contributed by atoms with E-state index < -0.39 is 5.82 Å². The first-order chi connectivity index (χ1) is 12.5. The lowest BCUT2D eigenvalue weighted by atomic mass is 10.0. The van der Waals surface area contributed by atoms with Crippen molar-refractivity contribution in [2.45, 2.75) is 12.8 Å². The van der Waals surface area contributed by atoms with E-state index in [0.29, 0.717) is 29.0 Å². The number of fused-ring (bicyclic) bond motifs is 2. The van der Waals surface area contributed by atoms with Crippen molar-refractivity contribution in [3.63, 3.8) is 0 Å². The molecule has 0 fully saturated rings. The van der Waals surface area contributed by atoms with Crippen LogP contribution in [0.3, 0.4) is 0 Å². The normalized spacial score (nSPS) is 13.7. The molecule has 0 amide bonds. The van der Waals surface area contributed by atoms with E-state index in [1.54, 1.807) is 11.0 Å². The molecule has 0 saturated carbocycles. The van der Waals surface area contributed by atoms with Crippen LogP contribution in [0.5, 0.6) is 0 Å². The maximum atomic E-state index is 14.1. The second-order valence-electron chi connectivity index (χ2n) is 6.18. The second-order valence-corrected chi connectivity index (χ2v) is 6.18. The fraction of sp³-hybridized carbons (Fsp3) is 0.167. The Morgan fingerprint density at radius 3 is 2.77 bits per heavy atom. The van der Waals surface area contributed by atoms with E-state index in [9.17, 15) is 8.78 Å². The summed E-state index contributed by atoms with van der Waals surface area (Å²) in [5, 5.41) is 16.1. The van der Waals surface area contributed by atoms with Crippen LogP contribution in [0.1, 0.15) is 12.0 Å². The van der Waals surface area contributed by atoms with Gasteiger partial charge in [0.25, 0.3) is 0 Å². The van der Waals surface area contributed by atoms with E-state index >= 15 is 0 Å². The van der Waals surface area contributed by atoms with E-state index in [-0.39, 0.29) is 17.1 Å². The monoisotopic (exact) mass is 354 g/mol. The van der Waals surface area contributed by atoms with Crippen LogP contribution in [-0.4, -0.2) is 22.4 Å². The number of nitrogens with zero attached hydrogens (tertiary/aromatic N) is 3. The highest BCUT2D eigenvalue weighted by Gasteiger charge is 2.23. The van der Waals surface area contributed by atoms with Gasteiger partial charge in [0.1, 0.15) is 17.5 Å². The van der Waals surface area contributed by atoms with Gasteiger partial charge in [-0.15, -0.1) is 0 Å². The standard InChI is InChI=1S/C18H16F2N6/c19-11-4-3-10-2-1-5-25(15(10)6-11)17-12-7-13(20)14(22)8-16(12)26(9-21)18(23)24-17/h3-4,6-9,21,23H,1-2,5,22H2. The zero-order valence-electron chi connectivity index (χ0n) is 13.8. The molecule has 3 aromatic rings. The molecular weight excluding hydrogens is 338 g/mol. The van der Waals surface area contributed by atoms with Crippen LogP contribution in [0.15, 0.2) is 30.3 Å². The minimum atomic E-state index is -0.605. The number of rotatable bonds is 2. The van der Waals surface area contributed by atoms with Gasteiger partial charge in [0.05, 0.1) is 17.5 Å². The van der Waals surface area contributed by atoms with Gasteiger partial charge in [0, 0.05) is 17.6 Å². The third-order valence-electron chi connectivity index (χ3n) is 4.61. The summed E-state index contributed by atoms with van der Waals surface area (Å²) in [6.45, 7) is 0.568. The van der Waals surface area contributed by atoms with Crippen LogP contribution in [-0.2, 0) is 6.42 Å². The summed E-state index contributed by atoms with van der Waals surface area (Å²) < 4.78 is 29.2. The fourth-order valence-corrected chi connectivity index (χ4v) is 3.39. The molecule has 4 rings (SSSR count). The Kier molecular flexibility index (Phi) is 3.68. The number of hydrogen-bond acceptors (Lipinski definition) is 5. The molecule has 1 aliphatic rings. The molecule has 0 saturated heterocycles. The minimum Gasteiger partial charge on any atom is -0.396 e. The first kappa shape index (κ1) is 16.2. The van der Waals surface area contributed by atoms with E-state index in [1.807, 2.05) is 0 Å². The van der Waals surface area contributed by atoms with Gasteiger partial charge < -0.3 is 10.6 Å². The van der Waals surface area contributed by atoms with Crippen molar-refractivity contribution in [3.05, 3.63) is 53.1 Å². The molecule has 4 N–H and O–H groups in total. The number of aromatic nitrogens is 2. The highest BCUT2D eigenvalue weighted by Crippen LogP contribution is 2.36. The van der Waals surface area contributed by atoms with Crippen molar-refractivity contribution in [1.29, 1.82) is 10.8 Å². The quantitative estimate of drug-likeness (QED) is 0.375. The predicted molar refractivity (Wildman–Crippen MR) is 95.9 cm³/mol. The smallest absolute Gasteiger partial charge is 0.229 e. The highest BCUT2D eigenvalue weighted by atomic mass is 19.1. The van der Waals surface area contributed by atoms with E-state index in [2.05, 4.69) is 4.98 Å². The summed E-state index contributed by atoms with van der Waals surface area (Å²) >= 11 is 0. The largest absolute Gasteiger partial charge is 0.396 e. The van der Waals surface area contributed by atoms with Crippen molar-refractivity contribution in [2.75, 3.05) is 17.2 Å². The number of nitrogen functional groups attached to an aromatic ring is 1. The number of benzene rings is 2. The Balaban J connectivity index is 2.05. The first-order valence-corrected chi connectivity index (χ1v) is 8.12. The summed E-state index contributed by atoms with van der Waals surface area (Å²) in [4.78, 5) is 6.07. The van der Waals surface area contributed by atoms with E-state index in [1.165, 1.54) is 28.8 Å². The molecule has 2 aromatic carbocycles. The maximum Gasteiger partial charge on any atom is 0.229 e. The number of anilines is 3. The van der Waals surface area contributed by atoms with Crippen LogP contribution >= 0.6 is 0 Å². The molecular formula is C18H16F2N6. The number of nitrogens with two attached hydrogens (primary N) is 1. The maximum absolute atomic E-state index is 14.1. The number of aryl methyl sites for hydroxylation is 1. The average Bonchev–Trinajstić information content (AvgIpc) is 2.62. The molecule has 6 nitrogen and oxygen atoms in total. The highest BCUT2D eigenvalue weighted by molar-refractivity contribution is 5.96. The topological polar surface area (TPSA) is 94.8 Å². The molecule has 1 aliphatic heterocycles. The third-order valence-corrected chi connectivity index (χ3v) is 4.61. The van der Waals surface area contributed by atoms with Crippen LogP contribution < -0.4 is 16.3 Å². The van der Waals surface area contributed by atoms with Crippen molar-refractivity contribution in [2.24, 2.45) is 0 Å². The Morgan fingerprint density at radius 2 is 2.00 bits per heavy atom. The molecule has 8 heteroatoms. The van der Waals surface area contributed by atoms with Gasteiger partial charge in [-0.05, 0) is 42.7 Å². The first-order valence-electron chi connectivity index (χ1n) is 8.12. The molecule has 0 aliphatic carbocycles. The molecule has 132 valence electrons. The number of halogens is 2. The predicted octanol–water partition coefficient (Wildman–Crippen LogP) is 2.92. The van der Waals surface area contributed by atoms with Crippen molar-refractivity contribution < 1.29 is 8.78 Å². The zero-order chi connectivity index (χ0) is 18.4. The Morgan fingerprint density at radius 1 is 1.19 bits per heavy atom. The van der Waals surface area contributed by atoms with Gasteiger partial charge in [0.2, 0.25) is 5.62 Å². The zero-order valence-corrected chi connectivity index (χ0v) is 13.8.